The van der Waals surface area contributed by atoms with Crippen molar-refractivity contribution in [2.75, 3.05) is 5.88 Å². The van der Waals surface area contributed by atoms with Crippen molar-refractivity contribution in [3.05, 3.63) is 34.9 Å². The van der Waals surface area contributed by atoms with Crippen LogP contribution in [0.1, 0.15) is 24.9 Å². The van der Waals surface area contributed by atoms with E-state index >= 15 is 0 Å². The molecule has 0 spiro atoms. The molecule has 0 bridgehead atoms. The molecule has 0 aliphatic rings. The molecule has 1 aromatic carbocycles. The molecule has 0 heterocycles. The van der Waals surface area contributed by atoms with Gasteiger partial charge in [-0.3, -0.25) is 4.79 Å². The van der Waals surface area contributed by atoms with E-state index in [1.165, 1.54) is 0 Å². The third-order valence-electron chi connectivity index (χ3n) is 2.07. The van der Waals surface area contributed by atoms with Gasteiger partial charge in [-0.15, -0.1) is 11.6 Å². The highest BCUT2D eigenvalue weighted by molar-refractivity contribution is 6.30. The maximum atomic E-state index is 11.3. The number of alkyl halides is 1. The molecule has 4 heteroatoms. The lowest BCUT2D eigenvalue weighted by atomic mass is 10.1. The van der Waals surface area contributed by atoms with E-state index in [4.69, 9.17) is 23.2 Å². The Kier molecular flexibility index (Phi) is 4.92. The van der Waals surface area contributed by atoms with Crippen molar-refractivity contribution in [3.8, 4) is 0 Å². The Hall–Kier alpha value is -0.730. The number of carbonyl (C=O) groups is 1. The molecule has 0 aliphatic heterocycles. The van der Waals surface area contributed by atoms with E-state index in [2.05, 4.69) is 5.32 Å². The predicted octanol–water partition coefficient (Wildman–Crippen LogP) is 3.15. The van der Waals surface area contributed by atoms with E-state index in [1.807, 2.05) is 19.1 Å². The number of carbonyl (C=O) groups excluding carboxylic acids is 1. The van der Waals surface area contributed by atoms with Crippen LogP contribution in [0.3, 0.4) is 0 Å². The second-order valence-electron chi connectivity index (χ2n) is 3.28. The highest BCUT2D eigenvalue weighted by Crippen LogP contribution is 2.15. The third-order valence-corrected chi connectivity index (χ3v) is 2.51. The van der Waals surface area contributed by atoms with Crippen molar-refractivity contribution in [2.24, 2.45) is 0 Å². The van der Waals surface area contributed by atoms with Crippen LogP contribution in [0.4, 0.5) is 0 Å². The Morgan fingerprint density at radius 2 is 2.00 bits per heavy atom. The summed E-state index contributed by atoms with van der Waals surface area (Å²) in [4.78, 5) is 11.3. The largest absolute Gasteiger partial charge is 0.350 e. The molecule has 0 aliphatic carbocycles. The van der Waals surface area contributed by atoms with E-state index in [1.54, 1.807) is 12.1 Å². The number of benzene rings is 1. The zero-order valence-corrected chi connectivity index (χ0v) is 9.98. The van der Waals surface area contributed by atoms with Crippen LogP contribution in [0.5, 0.6) is 0 Å². The number of rotatable bonds is 4. The quantitative estimate of drug-likeness (QED) is 0.812. The van der Waals surface area contributed by atoms with Gasteiger partial charge in [0.1, 0.15) is 0 Å². The van der Waals surface area contributed by atoms with Gasteiger partial charge in [-0.25, -0.2) is 0 Å². The van der Waals surface area contributed by atoms with Crippen LogP contribution in [-0.2, 0) is 4.79 Å². The number of amides is 1. The standard InChI is InChI=1S/C11H13Cl2NO/c1-8(14-11(15)6-7-12)9-2-4-10(13)5-3-9/h2-5,8H,6-7H2,1H3,(H,14,15)/t8-/m0/s1. The maximum Gasteiger partial charge on any atom is 0.221 e. The van der Waals surface area contributed by atoms with Crippen LogP contribution in [0, 0.1) is 0 Å². The first-order valence-corrected chi connectivity index (χ1v) is 5.65. The topological polar surface area (TPSA) is 29.1 Å². The summed E-state index contributed by atoms with van der Waals surface area (Å²) in [7, 11) is 0. The number of nitrogens with one attached hydrogen (secondary N) is 1. The summed E-state index contributed by atoms with van der Waals surface area (Å²) in [6.45, 7) is 1.93. The fraction of sp³-hybridized carbons (Fsp3) is 0.364. The third kappa shape index (κ3) is 4.10. The molecule has 1 atom stereocenters. The van der Waals surface area contributed by atoms with Gasteiger partial charge in [0.25, 0.3) is 0 Å². The Morgan fingerprint density at radius 3 is 2.53 bits per heavy atom. The molecule has 0 saturated heterocycles. The van der Waals surface area contributed by atoms with Crippen molar-refractivity contribution in [1.29, 1.82) is 0 Å². The predicted molar refractivity (Wildman–Crippen MR) is 63.3 cm³/mol. The first-order valence-electron chi connectivity index (χ1n) is 4.74. The van der Waals surface area contributed by atoms with E-state index < -0.39 is 0 Å². The van der Waals surface area contributed by atoms with Gasteiger partial charge in [0.15, 0.2) is 0 Å². The Balaban J connectivity index is 2.57. The summed E-state index contributed by atoms with van der Waals surface area (Å²) in [5.74, 6) is 0.312. The van der Waals surface area contributed by atoms with E-state index in [-0.39, 0.29) is 11.9 Å². The SMILES string of the molecule is C[C@H](NC(=O)CCCl)c1ccc(Cl)cc1. The Morgan fingerprint density at radius 1 is 1.40 bits per heavy atom. The van der Waals surface area contributed by atoms with E-state index in [9.17, 15) is 4.79 Å². The van der Waals surface area contributed by atoms with Crippen LogP contribution in [0.25, 0.3) is 0 Å². The van der Waals surface area contributed by atoms with Gasteiger partial charge in [0, 0.05) is 17.3 Å². The first-order chi connectivity index (χ1) is 7.13. The Bertz CT molecular complexity index is 324. The summed E-state index contributed by atoms with van der Waals surface area (Å²) >= 11 is 11.2. The molecule has 0 fully saturated rings. The highest BCUT2D eigenvalue weighted by atomic mass is 35.5. The molecule has 0 radical (unpaired) electrons. The van der Waals surface area contributed by atoms with Crippen LogP contribution in [0.15, 0.2) is 24.3 Å². The average Bonchev–Trinajstić information content (AvgIpc) is 2.18. The minimum atomic E-state index is -0.0348. The summed E-state index contributed by atoms with van der Waals surface area (Å²) in [6, 6.07) is 7.39. The average molecular weight is 246 g/mol. The molecular formula is C11H13Cl2NO. The summed E-state index contributed by atoms with van der Waals surface area (Å²) < 4.78 is 0. The summed E-state index contributed by atoms with van der Waals surface area (Å²) in [5.41, 5.74) is 1.03. The first kappa shape index (κ1) is 12.3. The smallest absolute Gasteiger partial charge is 0.221 e. The lowest BCUT2D eigenvalue weighted by molar-refractivity contribution is -0.121. The van der Waals surface area contributed by atoms with Gasteiger partial charge in [-0.05, 0) is 24.6 Å². The van der Waals surface area contributed by atoms with Crippen molar-refractivity contribution < 1.29 is 4.79 Å². The van der Waals surface area contributed by atoms with Crippen LogP contribution < -0.4 is 5.32 Å². The van der Waals surface area contributed by atoms with Crippen LogP contribution >= 0.6 is 23.2 Å². The second-order valence-corrected chi connectivity index (χ2v) is 4.09. The normalized spacial score (nSPS) is 12.2. The molecule has 2 nitrogen and oxygen atoms in total. The minimum absolute atomic E-state index is 0.0158. The monoisotopic (exact) mass is 245 g/mol. The van der Waals surface area contributed by atoms with Crippen molar-refractivity contribution in [3.63, 3.8) is 0 Å². The molecular weight excluding hydrogens is 233 g/mol. The highest BCUT2D eigenvalue weighted by Gasteiger charge is 2.08. The zero-order chi connectivity index (χ0) is 11.3. The van der Waals surface area contributed by atoms with Crippen molar-refractivity contribution in [1.82, 2.24) is 5.32 Å². The maximum absolute atomic E-state index is 11.3. The fourth-order valence-corrected chi connectivity index (χ4v) is 1.53. The van der Waals surface area contributed by atoms with Crippen molar-refractivity contribution in [2.45, 2.75) is 19.4 Å². The van der Waals surface area contributed by atoms with Gasteiger partial charge in [0.05, 0.1) is 6.04 Å². The summed E-state index contributed by atoms with van der Waals surface area (Å²) in [5, 5.41) is 3.54. The molecule has 0 aromatic heterocycles. The number of hydrogen-bond acceptors (Lipinski definition) is 1. The van der Waals surface area contributed by atoms with Gasteiger partial charge >= 0.3 is 0 Å². The number of halogens is 2. The van der Waals surface area contributed by atoms with Gasteiger partial charge in [-0.1, -0.05) is 23.7 Å². The van der Waals surface area contributed by atoms with Gasteiger partial charge in [-0.2, -0.15) is 0 Å². The molecule has 15 heavy (non-hydrogen) atoms. The molecule has 0 unspecified atom stereocenters. The lowest BCUT2D eigenvalue weighted by Gasteiger charge is -2.13. The molecule has 1 rings (SSSR count). The molecule has 82 valence electrons. The zero-order valence-electron chi connectivity index (χ0n) is 8.47. The molecule has 1 amide bonds. The second kappa shape index (κ2) is 5.99. The van der Waals surface area contributed by atoms with E-state index in [0.717, 1.165) is 5.56 Å². The molecule has 1 N–H and O–H groups in total. The van der Waals surface area contributed by atoms with Gasteiger partial charge in [0.2, 0.25) is 5.91 Å². The van der Waals surface area contributed by atoms with E-state index in [0.29, 0.717) is 17.3 Å². The number of hydrogen-bond donors (Lipinski definition) is 1. The van der Waals surface area contributed by atoms with Crippen LogP contribution in [0.2, 0.25) is 5.02 Å². The van der Waals surface area contributed by atoms with Crippen LogP contribution in [-0.4, -0.2) is 11.8 Å². The van der Waals surface area contributed by atoms with Crippen molar-refractivity contribution >= 4 is 29.1 Å². The summed E-state index contributed by atoms with van der Waals surface area (Å²) in [6.07, 6.45) is 0.347. The molecule has 0 saturated carbocycles. The lowest BCUT2D eigenvalue weighted by Crippen LogP contribution is -2.26. The Labute approximate surface area is 99.6 Å². The van der Waals surface area contributed by atoms with Gasteiger partial charge < -0.3 is 5.32 Å². The fourth-order valence-electron chi connectivity index (χ4n) is 1.23. The minimum Gasteiger partial charge on any atom is -0.350 e. The molecule has 1 aromatic rings.